The lowest BCUT2D eigenvalue weighted by Crippen LogP contribution is -2.33. The first kappa shape index (κ1) is 19.4. The average Bonchev–Trinajstić information content (AvgIpc) is 2.81. The molecule has 0 radical (unpaired) electrons. The van der Waals surface area contributed by atoms with Gasteiger partial charge in [-0.05, 0) is 25.3 Å². The van der Waals surface area contributed by atoms with E-state index >= 15 is 0 Å². The minimum atomic E-state index is -0.465. The second kappa shape index (κ2) is 9.52. The second-order valence-corrected chi connectivity index (χ2v) is 6.27. The van der Waals surface area contributed by atoms with Gasteiger partial charge in [0.15, 0.2) is 0 Å². The number of rotatable bonds is 9. The van der Waals surface area contributed by atoms with Crippen LogP contribution in [0.1, 0.15) is 52.3 Å². The number of carbonyl (C=O) groups is 2. The Balaban J connectivity index is 3.00. The molecule has 0 aromatic carbocycles. The molecule has 6 nitrogen and oxygen atoms in total. The molecule has 1 amide bonds. The summed E-state index contributed by atoms with van der Waals surface area (Å²) in [5, 5.41) is 0.364. The molecule has 130 valence electrons. The van der Waals surface area contributed by atoms with Gasteiger partial charge in [-0.15, -0.1) is 11.3 Å². The summed E-state index contributed by atoms with van der Waals surface area (Å²) < 4.78 is 9.97. The Bertz CT molecular complexity index is 536. The number of esters is 1. The maximum absolute atomic E-state index is 12.7. The quantitative estimate of drug-likeness (QED) is 0.551. The minimum Gasteiger partial charge on any atom is -0.459 e. The third-order valence-corrected chi connectivity index (χ3v) is 4.47. The van der Waals surface area contributed by atoms with Crippen LogP contribution in [-0.2, 0) is 9.47 Å². The fraction of sp³-hybridized carbons (Fsp3) is 0.625. The van der Waals surface area contributed by atoms with Crippen molar-refractivity contribution in [2.75, 3.05) is 39.1 Å². The first-order valence-corrected chi connectivity index (χ1v) is 8.63. The number of hydrogen-bond donors (Lipinski definition) is 1. The predicted molar refractivity (Wildman–Crippen MR) is 92.1 cm³/mol. The van der Waals surface area contributed by atoms with Crippen molar-refractivity contribution in [2.45, 2.75) is 33.6 Å². The van der Waals surface area contributed by atoms with Crippen LogP contribution in [0.3, 0.4) is 0 Å². The highest BCUT2D eigenvalue weighted by molar-refractivity contribution is 7.18. The molecular weight excluding hydrogens is 316 g/mol. The second-order valence-electron chi connectivity index (χ2n) is 5.22. The van der Waals surface area contributed by atoms with Crippen molar-refractivity contribution in [3.8, 4) is 0 Å². The molecule has 7 heteroatoms. The molecule has 0 saturated carbocycles. The molecule has 0 unspecified atom stereocenters. The first-order valence-electron chi connectivity index (χ1n) is 7.82. The Kier molecular flexibility index (Phi) is 8.05. The van der Waals surface area contributed by atoms with Crippen LogP contribution in [0.15, 0.2) is 0 Å². The largest absolute Gasteiger partial charge is 0.459 e. The van der Waals surface area contributed by atoms with Gasteiger partial charge in [-0.3, -0.25) is 4.79 Å². The number of hydrogen-bond acceptors (Lipinski definition) is 6. The molecule has 1 aromatic heterocycles. The molecule has 1 rings (SSSR count). The molecule has 0 spiro atoms. The fourth-order valence-corrected chi connectivity index (χ4v) is 3.25. The van der Waals surface area contributed by atoms with Crippen LogP contribution in [0.25, 0.3) is 0 Å². The number of nitrogens with zero attached hydrogens (tertiary/aromatic N) is 1. The normalized spacial score (nSPS) is 10.6. The highest BCUT2D eigenvalue weighted by Crippen LogP contribution is 2.32. The summed E-state index contributed by atoms with van der Waals surface area (Å²) in [6.07, 6.45) is 1.75. The van der Waals surface area contributed by atoms with E-state index in [1.54, 1.807) is 11.8 Å². The van der Waals surface area contributed by atoms with Gasteiger partial charge in [0.1, 0.15) is 11.5 Å². The highest BCUT2D eigenvalue weighted by atomic mass is 32.1. The smallest absolute Gasteiger partial charge is 0.348 e. The van der Waals surface area contributed by atoms with Crippen LogP contribution < -0.4 is 5.73 Å². The van der Waals surface area contributed by atoms with Crippen molar-refractivity contribution >= 4 is 28.2 Å². The van der Waals surface area contributed by atoms with E-state index in [9.17, 15) is 9.59 Å². The zero-order chi connectivity index (χ0) is 17.4. The average molecular weight is 342 g/mol. The molecule has 23 heavy (non-hydrogen) atoms. The number of nitrogen functional groups attached to an aromatic ring is 1. The van der Waals surface area contributed by atoms with Crippen molar-refractivity contribution in [2.24, 2.45) is 0 Å². The Labute approximate surface area is 141 Å². The molecule has 1 heterocycles. The molecule has 1 aromatic rings. The lowest BCUT2D eigenvalue weighted by Gasteiger charge is -2.21. The summed E-state index contributed by atoms with van der Waals surface area (Å²) in [7, 11) is 1.54. The number of thiophene rings is 1. The third kappa shape index (κ3) is 4.94. The molecule has 2 N–H and O–H groups in total. The molecule has 0 atom stereocenters. The van der Waals surface area contributed by atoms with Crippen molar-refractivity contribution < 1.29 is 19.1 Å². The summed E-state index contributed by atoms with van der Waals surface area (Å²) in [4.78, 5) is 27.0. The molecule has 0 aliphatic heterocycles. The maximum atomic E-state index is 12.7. The van der Waals surface area contributed by atoms with Gasteiger partial charge in [0, 0.05) is 20.2 Å². The van der Waals surface area contributed by atoms with E-state index in [0.29, 0.717) is 40.7 Å². The lowest BCUT2D eigenvalue weighted by molar-refractivity contribution is 0.0393. The van der Waals surface area contributed by atoms with Gasteiger partial charge < -0.3 is 20.1 Å². The fourth-order valence-electron chi connectivity index (χ4n) is 2.29. The van der Waals surface area contributed by atoms with Gasteiger partial charge in [-0.2, -0.15) is 0 Å². The summed E-state index contributed by atoms with van der Waals surface area (Å²) in [5.41, 5.74) is 7.03. The van der Waals surface area contributed by atoms with Gasteiger partial charge in [0.2, 0.25) is 0 Å². The van der Waals surface area contributed by atoms with Gasteiger partial charge in [0.05, 0.1) is 17.2 Å². The van der Waals surface area contributed by atoms with Crippen molar-refractivity contribution in [3.63, 3.8) is 0 Å². The van der Waals surface area contributed by atoms with E-state index in [2.05, 4.69) is 0 Å². The van der Waals surface area contributed by atoms with E-state index in [1.165, 1.54) is 7.11 Å². The van der Waals surface area contributed by atoms with Crippen molar-refractivity contribution in [1.82, 2.24) is 4.90 Å². The zero-order valence-electron chi connectivity index (χ0n) is 14.3. The van der Waals surface area contributed by atoms with Gasteiger partial charge >= 0.3 is 5.97 Å². The maximum Gasteiger partial charge on any atom is 0.348 e. The Hall–Kier alpha value is -1.60. The Morgan fingerprint density at radius 3 is 2.30 bits per heavy atom. The van der Waals surface area contributed by atoms with Crippen LogP contribution in [0, 0.1) is 6.92 Å². The number of amides is 1. The van der Waals surface area contributed by atoms with Gasteiger partial charge in [-0.1, -0.05) is 13.8 Å². The molecule has 0 aliphatic carbocycles. The van der Waals surface area contributed by atoms with Gasteiger partial charge in [0.25, 0.3) is 5.91 Å². The summed E-state index contributed by atoms with van der Waals surface area (Å²) in [5.74, 6) is -0.580. The number of carbonyl (C=O) groups excluding carboxylic acids is 2. The Morgan fingerprint density at radius 1 is 1.17 bits per heavy atom. The number of anilines is 1. The molecule has 0 fully saturated rings. The SMILES string of the molecule is CCCN(CCC)C(=O)c1c(N)sc(C(=O)OCCOC)c1C. The number of ether oxygens (including phenoxy) is 2. The predicted octanol–water partition coefficient (Wildman–Crippen LogP) is 2.70. The van der Waals surface area contributed by atoms with E-state index in [0.717, 1.165) is 24.2 Å². The standard InChI is InChI=1S/C16H26N2O4S/c1-5-7-18(8-6-2)15(19)12-11(3)13(23-14(12)17)16(20)22-10-9-21-4/h5-10,17H2,1-4H3. The van der Waals surface area contributed by atoms with Gasteiger partial charge in [-0.25, -0.2) is 4.79 Å². The molecule has 0 bridgehead atoms. The highest BCUT2D eigenvalue weighted by Gasteiger charge is 2.26. The van der Waals surface area contributed by atoms with Crippen molar-refractivity contribution in [3.05, 3.63) is 16.0 Å². The van der Waals surface area contributed by atoms with Crippen LogP contribution in [0.5, 0.6) is 0 Å². The topological polar surface area (TPSA) is 81.9 Å². The number of nitrogens with two attached hydrogens (primary N) is 1. The zero-order valence-corrected chi connectivity index (χ0v) is 15.1. The first-order chi connectivity index (χ1) is 11.0. The number of methoxy groups -OCH3 is 1. The van der Waals surface area contributed by atoms with Crippen LogP contribution in [0.2, 0.25) is 0 Å². The van der Waals surface area contributed by atoms with Crippen molar-refractivity contribution in [1.29, 1.82) is 0 Å². The third-order valence-electron chi connectivity index (χ3n) is 3.37. The summed E-state index contributed by atoms with van der Waals surface area (Å²) in [6, 6.07) is 0. The lowest BCUT2D eigenvalue weighted by atomic mass is 10.1. The van der Waals surface area contributed by atoms with Crippen LogP contribution >= 0.6 is 11.3 Å². The monoisotopic (exact) mass is 342 g/mol. The van der Waals surface area contributed by atoms with E-state index in [4.69, 9.17) is 15.2 Å². The van der Waals surface area contributed by atoms with E-state index in [-0.39, 0.29) is 12.5 Å². The molecule has 0 aliphatic rings. The minimum absolute atomic E-state index is 0.115. The van der Waals surface area contributed by atoms with Crippen LogP contribution in [0.4, 0.5) is 5.00 Å². The van der Waals surface area contributed by atoms with E-state index < -0.39 is 5.97 Å². The summed E-state index contributed by atoms with van der Waals surface area (Å²) >= 11 is 1.10. The summed E-state index contributed by atoms with van der Waals surface area (Å²) in [6.45, 7) is 7.65. The molecular formula is C16H26N2O4S. The Morgan fingerprint density at radius 2 is 1.78 bits per heavy atom. The molecule has 0 saturated heterocycles. The van der Waals surface area contributed by atoms with Crippen LogP contribution in [-0.4, -0.2) is 50.2 Å². The van der Waals surface area contributed by atoms with E-state index in [1.807, 2.05) is 13.8 Å².